The Morgan fingerprint density at radius 2 is 0.522 bits per heavy atom. The Morgan fingerprint density at radius 3 is 0.565 bits per heavy atom. The van der Waals surface area contributed by atoms with E-state index in [9.17, 15) is 0 Å². The molecule has 1 saturated carbocycles. The van der Waals surface area contributed by atoms with Crippen LogP contribution in [-0.2, 0) is 22.4 Å². The Bertz CT molecular complexity index is 309. The third-order valence-corrected chi connectivity index (χ3v) is 4.27. The van der Waals surface area contributed by atoms with Gasteiger partial charge >= 0.3 is 0 Å². The number of allylic oxidation sites excluding steroid dienone is 4. The summed E-state index contributed by atoms with van der Waals surface area (Å²) in [5.41, 5.74) is 4.26. The smallest absolute Gasteiger partial charge is 0 e. The van der Waals surface area contributed by atoms with E-state index in [1.165, 1.54) is 29.6 Å². The zero-order valence-electron chi connectivity index (χ0n) is 16.8. The van der Waals surface area contributed by atoms with Crippen LogP contribution >= 0.6 is 0 Å². The van der Waals surface area contributed by atoms with Crippen molar-refractivity contribution in [2.45, 2.75) is 62.3 Å². The van der Waals surface area contributed by atoms with E-state index < -0.39 is 0 Å². The minimum absolute atomic E-state index is 0. The molecule has 1 aliphatic carbocycles. The van der Waals surface area contributed by atoms with Crippen LogP contribution in [0.25, 0.3) is 0 Å². The van der Waals surface area contributed by atoms with Crippen molar-refractivity contribution in [2.75, 3.05) is 0 Å². The molecule has 0 nitrogen and oxygen atoms in total. The molecule has 1 fully saturated rings. The van der Waals surface area contributed by atoms with Crippen molar-refractivity contribution < 1.29 is 22.4 Å². The van der Waals surface area contributed by atoms with Crippen LogP contribution in [0.3, 0.4) is 0 Å². The van der Waals surface area contributed by atoms with Crippen LogP contribution in [0.5, 0.6) is 0 Å². The molecule has 0 amide bonds. The summed E-state index contributed by atoms with van der Waals surface area (Å²) in [6, 6.07) is 0. The maximum atomic E-state index is 3.66. The molecule has 0 saturated heterocycles. The van der Waals surface area contributed by atoms with Crippen molar-refractivity contribution in [1.82, 2.24) is 0 Å². The van der Waals surface area contributed by atoms with Crippen LogP contribution in [0.15, 0.2) is 48.6 Å². The Morgan fingerprint density at radius 1 is 0.435 bits per heavy atom. The monoisotopic (exact) mass is 392 g/mol. The molecule has 0 heterocycles. The minimum Gasteiger partial charge on any atom is -0.0959 e. The van der Waals surface area contributed by atoms with E-state index in [1.807, 2.05) is 27.7 Å². The predicted octanol–water partition coefficient (Wildman–Crippen LogP) is 7.25. The van der Waals surface area contributed by atoms with Crippen molar-refractivity contribution in [1.29, 1.82) is 0 Å². The van der Waals surface area contributed by atoms with Crippen molar-refractivity contribution in [2.24, 2.45) is 0 Å². The van der Waals surface area contributed by atoms with E-state index in [0.29, 0.717) is 0 Å². The summed E-state index contributed by atoms with van der Waals surface area (Å²) < 4.78 is 0. The summed E-state index contributed by atoms with van der Waals surface area (Å²) in [5.74, 6) is 7.34. The van der Waals surface area contributed by atoms with Gasteiger partial charge in [-0.2, -0.15) is 0 Å². The molecule has 0 aromatic carbocycles. The first-order chi connectivity index (χ1) is 9.84. The fourth-order valence-corrected chi connectivity index (χ4v) is 1.41. The molecule has 1 aliphatic rings. The first-order valence-electron chi connectivity index (χ1n) is 7.66. The number of rotatable bonds is 2. The summed E-state index contributed by atoms with van der Waals surface area (Å²) in [4.78, 5) is 0. The van der Waals surface area contributed by atoms with Gasteiger partial charge in [-0.1, -0.05) is 83.2 Å². The Balaban J connectivity index is -0.000000271. The second kappa shape index (κ2) is 13.0. The van der Waals surface area contributed by atoms with Crippen molar-refractivity contribution in [3.63, 3.8) is 0 Å². The van der Waals surface area contributed by atoms with E-state index in [2.05, 4.69) is 60.9 Å². The largest absolute Gasteiger partial charge is 0.0959 e. The van der Waals surface area contributed by atoms with Gasteiger partial charge in [0, 0.05) is 22.4 Å². The molecule has 1 heteroatoms. The number of hydrogen-bond donors (Lipinski definition) is 0. The summed E-state index contributed by atoms with van der Waals surface area (Å²) >= 11 is 0. The molecular formula is C22H35Nb. The van der Waals surface area contributed by atoms with E-state index >= 15 is 0 Å². The van der Waals surface area contributed by atoms with Crippen molar-refractivity contribution in [3.8, 4) is 0 Å². The van der Waals surface area contributed by atoms with E-state index in [1.54, 1.807) is 0 Å². The van der Waals surface area contributed by atoms with Crippen molar-refractivity contribution in [3.05, 3.63) is 78.2 Å². The molecule has 0 N–H and O–H groups in total. The molecule has 0 aliphatic heterocycles. The van der Waals surface area contributed by atoms with Gasteiger partial charge in [0.2, 0.25) is 0 Å². The van der Waals surface area contributed by atoms with E-state index in [0.717, 1.165) is 22.3 Å². The fraction of sp³-hybridized carbons (Fsp3) is 0.409. The third-order valence-electron chi connectivity index (χ3n) is 4.27. The average Bonchev–Trinajstić information content (AvgIpc) is 2.58. The third kappa shape index (κ3) is 11.0. The van der Waals surface area contributed by atoms with Gasteiger partial charge in [-0.15, -0.1) is 0 Å². The summed E-state index contributed by atoms with van der Waals surface area (Å²) in [5, 5.41) is 0. The molecule has 1 rings (SSSR count). The molecule has 128 valence electrons. The topological polar surface area (TPSA) is 0 Å². The van der Waals surface area contributed by atoms with Gasteiger partial charge in [0.1, 0.15) is 0 Å². The molecule has 0 aromatic rings. The molecule has 0 unspecified atom stereocenters. The molecular weight excluding hydrogens is 357 g/mol. The van der Waals surface area contributed by atoms with Crippen LogP contribution in [0.2, 0.25) is 0 Å². The maximum Gasteiger partial charge on any atom is 0 e. The van der Waals surface area contributed by atoms with Gasteiger partial charge < -0.3 is 0 Å². The summed E-state index contributed by atoms with van der Waals surface area (Å²) in [6.07, 6.45) is 0. The van der Waals surface area contributed by atoms with Crippen LogP contribution < -0.4 is 0 Å². The van der Waals surface area contributed by atoms with E-state index in [4.69, 9.17) is 0 Å². The van der Waals surface area contributed by atoms with Gasteiger partial charge in [-0.05, 0) is 57.3 Å². The fourth-order valence-electron chi connectivity index (χ4n) is 1.41. The molecule has 0 aromatic heterocycles. The Labute approximate surface area is 162 Å². The average molecular weight is 392 g/mol. The first-order valence-corrected chi connectivity index (χ1v) is 7.66. The van der Waals surface area contributed by atoms with Gasteiger partial charge in [-0.3, -0.25) is 0 Å². The molecule has 0 atom stereocenters. The standard InChI is InChI=1S/C10H15.2C6H10.Nb/c1-6-7(2)9(4)10(5)8(6)3;2*1-5(2)6(3)4;/h1-5H3;2*1,3H2,2,4H3;. The van der Waals surface area contributed by atoms with Crippen LogP contribution in [-0.4, -0.2) is 0 Å². The minimum atomic E-state index is 0. The van der Waals surface area contributed by atoms with Gasteiger partial charge in [0.25, 0.3) is 0 Å². The van der Waals surface area contributed by atoms with Crippen LogP contribution in [0.1, 0.15) is 62.3 Å². The quantitative estimate of drug-likeness (QED) is 0.343. The first kappa shape index (κ1) is 27.5. The molecule has 0 spiro atoms. The normalized spacial score (nSPS) is 16.4. The van der Waals surface area contributed by atoms with Crippen molar-refractivity contribution >= 4 is 0 Å². The zero-order valence-corrected chi connectivity index (χ0v) is 19.0. The second-order valence-electron chi connectivity index (χ2n) is 6.25. The second-order valence-corrected chi connectivity index (χ2v) is 6.25. The summed E-state index contributed by atoms with van der Waals surface area (Å²) in [6.45, 7) is 33.4. The van der Waals surface area contributed by atoms with Gasteiger partial charge in [0.05, 0.1) is 0 Å². The van der Waals surface area contributed by atoms with E-state index in [-0.39, 0.29) is 22.4 Å². The zero-order chi connectivity index (χ0) is 18.2. The Kier molecular flexibility index (Phi) is 15.6. The summed E-state index contributed by atoms with van der Waals surface area (Å²) in [7, 11) is 0. The van der Waals surface area contributed by atoms with Gasteiger partial charge in [-0.25, -0.2) is 0 Å². The van der Waals surface area contributed by atoms with Crippen LogP contribution in [0, 0.1) is 29.6 Å². The van der Waals surface area contributed by atoms with Crippen LogP contribution in [0.4, 0.5) is 0 Å². The van der Waals surface area contributed by atoms with Gasteiger partial charge in [0.15, 0.2) is 0 Å². The molecule has 6 radical (unpaired) electrons. The maximum absolute atomic E-state index is 3.66. The SMILES string of the molecule is C=C(C)C(=C)C.C=C(C)C(=C)C.C[C]1[C](C)[C](C)[C](C)[C]1C.[Nb]. The molecule has 0 bridgehead atoms. The number of hydrogen-bond acceptors (Lipinski definition) is 0. The molecule has 23 heavy (non-hydrogen) atoms. The predicted molar refractivity (Wildman–Crippen MR) is 104 cm³/mol. The Hall–Kier alpha value is -0.300.